The Morgan fingerprint density at radius 2 is 2.21 bits per heavy atom. The van der Waals surface area contributed by atoms with E-state index in [1.54, 1.807) is 6.07 Å². The minimum Gasteiger partial charge on any atom is -0.384 e. The van der Waals surface area contributed by atoms with E-state index in [4.69, 9.17) is 0 Å². The van der Waals surface area contributed by atoms with E-state index in [-0.39, 0.29) is 0 Å². The molecule has 1 heterocycles. The smallest absolute Gasteiger partial charge is 0.257 e. The number of halogens is 2. The molecule has 1 amide bonds. The number of carbonyl (C=O) groups is 1. The first kappa shape index (κ1) is 15.3. The van der Waals surface area contributed by atoms with Crippen LogP contribution in [0.5, 0.6) is 0 Å². The molecule has 0 spiro atoms. The molecule has 0 aromatic carbocycles. The van der Waals surface area contributed by atoms with Crippen molar-refractivity contribution in [2.45, 2.75) is 26.7 Å². The van der Waals surface area contributed by atoms with Gasteiger partial charge in [-0.2, -0.15) is 0 Å². The molecule has 4 nitrogen and oxygen atoms in total. The molecule has 0 unspecified atom stereocenters. The van der Waals surface area contributed by atoms with Gasteiger partial charge in [-0.1, -0.05) is 6.92 Å². The maximum Gasteiger partial charge on any atom is 0.257 e. The Hall–Kier alpha value is -1.72. The van der Waals surface area contributed by atoms with Crippen LogP contribution in [0.4, 0.5) is 14.5 Å². The standard InChI is InChI=1S/C13H19F2N3O/c1-4-5-16-11-6-9(2)17-7-10(11)13(19)18(3)8-12(14)15/h6-7,12H,4-5,8H2,1-3H3,(H,16,17). The summed E-state index contributed by atoms with van der Waals surface area (Å²) >= 11 is 0. The van der Waals surface area contributed by atoms with Gasteiger partial charge in [-0.25, -0.2) is 8.78 Å². The molecule has 0 aliphatic heterocycles. The molecular weight excluding hydrogens is 252 g/mol. The number of pyridine rings is 1. The van der Waals surface area contributed by atoms with E-state index in [0.717, 1.165) is 17.0 Å². The summed E-state index contributed by atoms with van der Waals surface area (Å²) in [7, 11) is 1.36. The number of nitrogens with one attached hydrogen (secondary N) is 1. The molecule has 0 saturated carbocycles. The van der Waals surface area contributed by atoms with Gasteiger partial charge in [0.15, 0.2) is 0 Å². The van der Waals surface area contributed by atoms with Gasteiger partial charge in [-0.15, -0.1) is 0 Å². The maximum absolute atomic E-state index is 12.3. The minimum absolute atomic E-state index is 0.321. The van der Waals surface area contributed by atoms with E-state index in [1.165, 1.54) is 13.2 Å². The van der Waals surface area contributed by atoms with Crippen LogP contribution in [-0.2, 0) is 0 Å². The van der Waals surface area contributed by atoms with Gasteiger partial charge in [-0.3, -0.25) is 9.78 Å². The second kappa shape index (κ2) is 7.01. The summed E-state index contributed by atoms with van der Waals surface area (Å²) < 4.78 is 24.6. The average Bonchev–Trinajstić information content (AvgIpc) is 2.34. The summed E-state index contributed by atoms with van der Waals surface area (Å²) in [5.74, 6) is -0.452. The Kier molecular flexibility index (Phi) is 5.66. The Morgan fingerprint density at radius 3 is 2.79 bits per heavy atom. The van der Waals surface area contributed by atoms with E-state index in [1.807, 2.05) is 13.8 Å². The van der Waals surface area contributed by atoms with Crippen LogP contribution in [0.3, 0.4) is 0 Å². The number of nitrogens with zero attached hydrogens (tertiary/aromatic N) is 2. The van der Waals surface area contributed by atoms with E-state index in [2.05, 4.69) is 10.3 Å². The van der Waals surface area contributed by atoms with Gasteiger partial charge in [0, 0.05) is 25.5 Å². The van der Waals surface area contributed by atoms with Crippen LogP contribution in [0.2, 0.25) is 0 Å². The van der Waals surface area contributed by atoms with Gasteiger partial charge in [0.1, 0.15) is 0 Å². The highest BCUT2D eigenvalue weighted by atomic mass is 19.3. The first-order valence-corrected chi connectivity index (χ1v) is 6.19. The maximum atomic E-state index is 12.3. The molecule has 0 bridgehead atoms. The van der Waals surface area contributed by atoms with Gasteiger partial charge in [0.25, 0.3) is 12.3 Å². The summed E-state index contributed by atoms with van der Waals surface area (Å²) in [6.45, 7) is 3.95. The monoisotopic (exact) mass is 271 g/mol. The number of hydrogen-bond acceptors (Lipinski definition) is 3. The predicted octanol–water partition coefficient (Wildman–Crippen LogP) is 2.55. The average molecular weight is 271 g/mol. The number of aryl methyl sites for hydroxylation is 1. The highest BCUT2D eigenvalue weighted by Crippen LogP contribution is 2.18. The molecule has 0 fully saturated rings. The van der Waals surface area contributed by atoms with Crippen molar-refractivity contribution in [3.8, 4) is 0 Å². The van der Waals surface area contributed by atoms with Crippen LogP contribution in [-0.4, -0.2) is 42.4 Å². The molecular formula is C13H19F2N3O. The molecule has 0 aliphatic rings. The first-order chi connectivity index (χ1) is 8.95. The normalized spacial score (nSPS) is 10.6. The molecule has 1 aromatic rings. The molecule has 1 aromatic heterocycles. The van der Waals surface area contributed by atoms with Crippen LogP contribution in [0.15, 0.2) is 12.3 Å². The zero-order valence-corrected chi connectivity index (χ0v) is 11.4. The van der Waals surface area contributed by atoms with Crippen molar-refractivity contribution in [1.29, 1.82) is 0 Å². The number of alkyl halides is 2. The van der Waals surface area contributed by atoms with Crippen molar-refractivity contribution in [3.63, 3.8) is 0 Å². The molecule has 1 N–H and O–H groups in total. The molecule has 6 heteroatoms. The third-order valence-corrected chi connectivity index (χ3v) is 2.60. The lowest BCUT2D eigenvalue weighted by atomic mass is 10.2. The first-order valence-electron chi connectivity index (χ1n) is 6.19. The van der Waals surface area contributed by atoms with Gasteiger partial charge in [0.2, 0.25) is 0 Å². The zero-order valence-electron chi connectivity index (χ0n) is 11.4. The molecule has 106 valence electrons. The van der Waals surface area contributed by atoms with Crippen molar-refractivity contribution >= 4 is 11.6 Å². The quantitative estimate of drug-likeness (QED) is 0.864. The van der Waals surface area contributed by atoms with Crippen LogP contribution in [0.25, 0.3) is 0 Å². The fourth-order valence-corrected chi connectivity index (χ4v) is 1.63. The molecule has 0 saturated heterocycles. The van der Waals surface area contributed by atoms with E-state index in [9.17, 15) is 13.6 Å². The summed E-state index contributed by atoms with van der Waals surface area (Å²) in [5.41, 5.74) is 1.73. The third kappa shape index (κ3) is 4.46. The van der Waals surface area contributed by atoms with Gasteiger partial charge < -0.3 is 10.2 Å². The summed E-state index contributed by atoms with van der Waals surface area (Å²) in [6.07, 6.45) is -0.209. The Balaban J connectivity index is 2.94. The van der Waals surface area contributed by atoms with E-state index < -0.39 is 18.9 Å². The number of carbonyl (C=O) groups excluding carboxylic acids is 1. The number of aromatic nitrogens is 1. The highest BCUT2D eigenvalue weighted by Gasteiger charge is 2.19. The lowest BCUT2D eigenvalue weighted by Gasteiger charge is -2.19. The Morgan fingerprint density at radius 1 is 1.53 bits per heavy atom. The lowest BCUT2D eigenvalue weighted by molar-refractivity contribution is 0.0620. The van der Waals surface area contributed by atoms with Crippen molar-refractivity contribution in [2.24, 2.45) is 0 Å². The molecule has 0 aliphatic carbocycles. The molecule has 0 atom stereocenters. The fraction of sp³-hybridized carbons (Fsp3) is 0.538. The largest absolute Gasteiger partial charge is 0.384 e. The van der Waals surface area contributed by atoms with Crippen LogP contribution >= 0.6 is 0 Å². The zero-order chi connectivity index (χ0) is 14.4. The van der Waals surface area contributed by atoms with Crippen molar-refractivity contribution in [2.75, 3.05) is 25.5 Å². The van der Waals surface area contributed by atoms with Gasteiger partial charge in [-0.05, 0) is 19.4 Å². The second-order valence-electron chi connectivity index (χ2n) is 4.37. The van der Waals surface area contributed by atoms with Crippen molar-refractivity contribution in [1.82, 2.24) is 9.88 Å². The van der Waals surface area contributed by atoms with Gasteiger partial charge in [0.05, 0.1) is 17.8 Å². The summed E-state index contributed by atoms with van der Waals surface area (Å²) in [6, 6.07) is 1.75. The number of rotatable bonds is 6. The van der Waals surface area contributed by atoms with Crippen molar-refractivity contribution in [3.05, 3.63) is 23.5 Å². The SMILES string of the molecule is CCCNc1cc(C)ncc1C(=O)N(C)CC(F)F. The summed E-state index contributed by atoms with van der Waals surface area (Å²) in [5, 5.41) is 3.12. The van der Waals surface area contributed by atoms with Crippen molar-refractivity contribution < 1.29 is 13.6 Å². The Labute approximate surface area is 111 Å². The lowest BCUT2D eigenvalue weighted by Crippen LogP contribution is -2.32. The predicted molar refractivity (Wildman–Crippen MR) is 70.7 cm³/mol. The van der Waals surface area contributed by atoms with Crippen LogP contribution in [0, 0.1) is 6.92 Å². The molecule has 19 heavy (non-hydrogen) atoms. The van der Waals surface area contributed by atoms with E-state index in [0.29, 0.717) is 17.8 Å². The highest BCUT2D eigenvalue weighted by molar-refractivity contribution is 5.99. The second-order valence-corrected chi connectivity index (χ2v) is 4.37. The van der Waals surface area contributed by atoms with E-state index >= 15 is 0 Å². The summed E-state index contributed by atoms with van der Waals surface area (Å²) in [4.78, 5) is 17.2. The van der Waals surface area contributed by atoms with Gasteiger partial charge >= 0.3 is 0 Å². The molecule has 0 radical (unpaired) electrons. The van der Waals surface area contributed by atoms with Crippen LogP contribution < -0.4 is 5.32 Å². The minimum atomic E-state index is -2.54. The number of anilines is 1. The molecule has 1 rings (SSSR count). The Bertz CT molecular complexity index is 438. The third-order valence-electron chi connectivity index (χ3n) is 2.60. The topological polar surface area (TPSA) is 45.2 Å². The van der Waals surface area contributed by atoms with Crippen LogP contribution in [0.1, 0.15) is 29.4 Å². The fourth-order valence-electron chi connectivity index (χ4n) is 1.63. The number of amides is 1. The number of hydrogen-bond donors (Lipinski definition) is 1.